The van der Waals surface area contributed by atoms with Gasteiger partial charge >= 0.3 is 5.97 Å². The van der Waals surface area contributed by atoms with E-state index in [1.165, 1.54) is 10.9 Å². The molecule has 0 unspecified atom stereocenters. The van der Waals surface area contributed by atoms with Crippen LogP contribution in [0.5, 0.6) is 0 Å². The van der Waals surface area contributed by atoms with Crippen molar-refractivity contribution in [2.24, 2.45) is 0 Å². The molecule has 1 heterocycles. The van der Waals surface area contributed by atoms with Gasteiger partial charge in [-0.2, -0.15) is 0 Å². The number of aromatic nitrogens is 1. The average molecular weight is 385 g/mol. The van der Waals surface area contributed by atoms with Crippen LogP contribution in [0.1, 0.15) is 24.0 Å². The molecule has 3 aromatic rings. The summed E-state index contributed by atoms with van der Waals surface area (Å²) in [6.07, 6.45) is 3.66. The molecule has 2 N–H and O–H groups in total. The molecular weight excluding hydrogens is 364 g/mol. The van der Waals surface area contributed by atoms with E-state index < -0.39 is 5.91 Å². The third-order valence-electron chi connectivity index (χ3n) is 4.26. The SMILES string of the molecule is Cc1ccc(NC(=O)COC(=O)CCCc2c[nH]c3ccccc23)c(Cl)c1. The van der Waals surface area contributed by atoms with Gasteiger partial charge in [0.25, 0.3) is 5.91 Å². The molecule has 0 atom stereocenters. The third kappa shape index (κ3) is 5.11. The van der Waals surface area contributed by atoms with Crippen LogP contribution in [0.3, 0.4) is 0 Å². The maximum absolute atomic E-state index is 11.9. The van der Waals surface area contributed by atoms with E-state index in [1.54, 1.807) is 12.1 Å². The lowest BCUT2D eigenvalue weighted by molar-refractivity contribution is -0.147. The number of carbonyl (C=O) groups is 2. The maximum Gasteiger partial charge on any atom is 0.306 e. The largest absolute Gasteiger partial charge is 0.456 e. The summed E-state index contributed by atoms with van der Waals surface area (Å²) < 4.78 is 5.04. The number of aromatic amines is 1. The maximum atomic E-state index is 11.9. The molecule has 0 bridgehead atoms. The van der Waals surface area contributed by atoms with Crippen molar-refractivity contribution in [3.05, 3.63) is 64.8 Å². The number of benzene rings is 2. The molecule has 0 fully saturated rings. The van der Waals surface area contributed by atoms with Crippen molar-refractivity contribution in [2.45, 2.75) is 26.2 Å². The van der Waals surface area contributed by atoms with Gasteiger partial charge in [0.1, 0.15) is 0 Å². The Bertz CT molecular complexity index is 965. The Morgan fingerprint density at radius 2 is 2.00 bits per heavy atom. The van der Waals surface area contributed by atoms with Crippen LogP contribution in [-0.4, -0.2) is 23.5 Å². The van der Waals surface area contributed by atoms with E-state index in [2.05, 4.69) is 16.4 Å². The van der Waals surface area contributed by atoms with Gasteiger partial charge in [0.15, 0.2) is 6.61 Å². The number of hydrogen-bond donors (Lipinski definition) is 2. The number of hydrogen-bond acceptors (Lipinski definition) is 3. The molecule has 0 aliphatic heterocycles. The summed E-state index contributed by atoms with van der Waals surface area (Å²) in [5.41, 5.74) is 3.76. The van der Waals surface area contributed by atoms with Gasteiger partial charge in [0.2, 0.25) is 0 Å². The second-order valence-electron chi connectivity index (χ2n) is 6.41. The van der Waals surface area contributed by atoms with Crippen LogP contribution >= 0.6 is 11.6 Å². The van der Waals surface area contributed by atoms with E-state index in [9.17, 15) is 9.59 Å². The molecule has 0 aliphatic rings. The summed E-state index contributed by atoms with van der Waals surface area (Å²) in [7, 11) is 0. The Kier molecular flexibility index (Phi) is 6.14. The number of carbonyl (C=O) groups excluding carboxylic acids is 2. The molecule has 1 aromatic heterocycles. The quantitative estimate of drug-likeness (QED) is 0.583. The second-order valence-corrected chi connectivity index (χ2v) is 6.81. The highest BCUT2D eigenvalue weighted by molar-refractivity contribution is 6.33. The summed E-state index contributed by atoms with van der Waals surface area (Å²) in [6, 6.07) is 13.4. The number of fused-ring (bicyclic) bond motifs is 1. The van der Waals surface area contributed by atoms with E-state index in [4.69, 9.17) is 16.3 Å². The van der Waals surface area contributed by atoms with Crippen LogP contribution < -0.4 is 5.32 Å². The number of amides is 1. The fraction of sp³-hybridized carbons (Fsp3) is 0.238. The van der Waals surface area contributed by atoms with E-state index in [-0.39, 0.29) is 19.0 Å². The summed E-state index contributed by atoms with van der Waals surface area (Å²) >= 11 is 6.07. The Balaban J connectivity index is 1.41. The molecule has 140 valence electrons. The number of H-pyrrole nitrogens is 1. The molecule has 0 saturated carbocycles. The lowest BCUT2D eigenvalue weighted by atomic mass is 10.1. The first-order valence-electron chi connectivity index (χ1n) is 8.79. The molecular formula is C21H21ClN2O3. The van der Waals surface area contributed by atoms with Gasteiger partial charge < -0.3 is 15.0 Å². The number of ether oxygens (including phenoxy) is 1. The number of aryl methyl sites for hydroxylation is 2. The first-order valence-corrected chi connectivity index (χ1v) is 9.17. The van der Waals surface area contributed by atoms with Crippen molar-refractivity contribution < 1.29 is 14.3 Å². The van der Waals surface area contributed by atoms with Crippen LogP contribution in [0.2, 0.25) is 5.02 Å². The first kappa shape index (κ1) is 19.0. The van der Waals surface area contributed by atoms with Crippen molar-refractivity contribution >= 4 is 40.1 Å². The van der Waals surface area contributed by atoms with Crippen molar-refractivity contribution in [1.82, 2.24) is 4.98 Å². The standard InChI is InChI=1S/C21H21ClN2O3/c1-14-9-10-19(17(22)11-14)24-20(25)13-27-21(26)8-4-5-15-12-23-18-7-3-2-6-16(15)18/h2-3,6-7,9-12,23H,4-5,8,13H2,1H3,(H,24,25). The van der Waals surface area contributed by atoms with Crippen molar-refractivity contribution in [3.63, 3.8) is 0 Å². The molecule has 0 radical (unpaired) electrons. The van der Waals surface area contributed by atoms with Gasteiger partial charge in [-0.15, -0.1) is 0 Å². The Morgan fingerprint density at radius 3 is 2.81 bits per heavy atom. The molecule has 5 nitrogen and oxygen atoms in total. The van der Waals surface area contributed by atoms with Crippen LogP contribution in [-0.2, 0) is 20.7 Å². The molecule has 3 rings (SSSR count). The number of anilines is 1. The summed E-state index contributed by atoms with van der Waals surface area (Å²) in [4.78, 5) is 27.0. The molecule has 2 aromatic carbocycles. The monoisotopic (exact) mass is 384 g/mol. The Hall–Kier alpha value is -2.79. The summed E-state index contributed by atoms with van der Waals surface area (Å²) in [5.74, 6) is -0.800. The first-order chi connectivity index (χ1) is 13.0. The van der Waals surface area contributed by atoms with Crippen molar-refractivity contribution in [1.29, 1.82) is 0 Å². The second kappa shape index (κ2) is 8.73. The molecule has 1 amide bonds. The predicted octanol–water partition coefficient (Wildman–Crippen LogP) is 4.63. The lowest BCUT2D eigenvalue weighted by Crippen LogP contribution is -2.21. The normalized spacial score (nSPS) is 10.7. The number of rotatable bonds is 7. The van der Waals surface area contributed by atoms with Crippen LogP contribution in [0.4, 0.5) is 5.69 Å². The van der Waals surface area contributed by atoms with Crippen LogP contribution in [0.25, 0.3) is 10.9 Å². The van der Waals surface area contributed by atoms with E-state index in [1.807, 2.05) is 37.4 Å². The number of para-hydroxylation sites is 1. The highest BCUT2D eigenvalue weighted by Gasteiger charge is 2.10. The highest BCUT2D eigenvalue weighted by atomic mass is 35.5. The Morgan fingerprint density at radius 1 is 1.19 bits per heavy atom. The van der Waals surface area contributed by atoms with Crippen LogP contribution in [0, 0.1) is 6.92 Å². The fourth-order valence-electron chi connectivity index (χ4n) is 2.89. The van der Waals surface area contributed by atoms with Gasteiger partial charge in [-0.05, 0) is 49.1 Å². The van der Waals surface area contributed by atoms with Gasteiger partial charge in [0, 0.05) is 23.5 Å². The van der Waals surface area contributed by atoms with Gasteiger partial charge in [-0.1, -0.05) is 35.9 Å². The number of nitrogens with one attached hydrogen (secondary N) is 2. The zero-order valence-corrected chi connectivity index (χ0v) is 15.8. The van der Waals surface area contributed by atoms with Crippen LogP contribution in [0.15, 0.2) is 48.7 Å². The van der Waals surface area contributed by atoms with Gasteiger partial charge in [-0.3, -0.25) is 9.59 Å². The molecule has 0 aliphatic carbocycles. The molecule has 0 spiro atoms. The minimum absolute atomic E-state index is 0.262. The van der Waals surface area contributed by atoms with Gasteiger partial charge in [0.05, 0.1) is 10.7 Å². The van der Waals surface area contributed by atoms with E-state index in [0.29, 0.717) is 17.1 Å². The minimum Gasteiger partial charge on any atom is -0.456 e. The van der Waals surface area contributed by atoms with Crippen molar-refractivity contribution in [3.8, 4) is 0 Å². The smallest absolute Gasteiger partial charge is 0.306 e. The topological polar surface area (TPSA) is 71.2 Å². The van der Waals surface area contributed by atoms with Crippen molar-refractivity contribution in [2.75, 3.05) is 11.9 Å². The number of halogens is 1. The lowest BCUT2D eigenvalue weighted by Gasteiger charge is -2.08. The minimum atomic E-state index is -0.411. The molecule has 0 saturated heterocycles. The third-order valence-corrected chi connectivity index (χ3v) is 4.58. The van der Waals surface area contributed by atoms with E-state index in [0.717, 1.165) is 17.5 Å². The predicted molar refractivity (Wildman–Crippen MR) is 107 cm³/mol. The highest BCUT2D eigenvalue weighted by Crippen LogP contribution is 2.22. The van der Waals surface area contributed by atoms with E-state index >= 15 is 0 Å². The van der Waals surface area contributed by atoms with Gasteiger partial charge in [-0.25, -0.2) is 0 Å². The zero-order chi connectivity index (χ0) is 19.2. The fourth-order valence-corrected chi connectivity index (χ4v) is 3.17. The zero-order valence-electron chi connectivity index (χ0n) is 15.0. The Labute approximate surface area is 162 Å². The molecule has 27 heavy (non-hydrogen) atoms. The molecule has 6 heteroatoms. The summed E-state index contributed by atoms with van der Waals surface area (Å²) in [6.45, 7) is 1.59. The summed E-state index contributed by atoms with van der Waals surface area (Å²) in [5, 5.41) is 4.26. The average Bonchev–Trinajstić information content (AvgIpc) is 3.06. The number of esters is 1.